The van der Waals surface area contributed by atoms with Crippen molar-refractivity contribution in [2.75, 3.05) is 26.2 Å². The van der Waals surface area contributed by atoms with Crippen molar-refractivity contribution in [2.45, 2.75) is 42.0 Å². The number of nitrogens with zero attached hydrogens (tertiary/aromatic N) is 2. The van der Waals surface area contributed by atoms with E-state index >= 15 is 0 Å². The maximum Gasteiger partial charge on any atom is 0.219 e. The third-order valence-corrected chi connectivity index (χ3v) is 1.50. The molecule has 4 heteroatoms. The van der Waals surface area contributed by atoms with Crippen molar-refractivity contribution < 1.29 is 37.5 Å². The maximum absolute atomic E-state index is 10.7. The maximum atomic E-state index is 10.7. The molecule has 3 nitrogen and oxygen atoms in total. The van der Waals surface area contributed by atoms with Crippen molar-refractivity contribution >= 4 is 5.91 Å². The van der Waals surface area contributed by atoms with Gasteiger partial charge in [-0.05, 0) is 0 Å². The molecule has 1 aliphatic heterocycles. The second-order valence-electron chi connectivity index (χ2n) is 2.18. The van der Waals surface area contributed by atoms with Crippen LogP contribution in [0.1, 0.15) is 42.0 Å². The van der Waals surface area contributed by atoms with E-state index in [0.717, 1.165) is 26.2 Å². The summed E-state index contributed by atoms with van der Waals surface area (Å²) in [6, 6.07) is 0. The molecule has 0 aromatic rings. The quantitative estimate of drug-likeness (QED) is 0.676. The number of hydrogen-bond acceptors (Lipinski definition) is 1. The SMILES string of the molecule is C.CC.CC.CC(=O)N1CC[N-]CC1.[Y]. The van der Waals surface area contributed by atoms with Crippen molar-refractivity contribution in [1.29, 1.82) is 0 Å². The molecule has 0 spiro atoms. The van der Waals surface area contributed by atoms with E-state index < -0.39 is 0 Å². The molecule has 0 saturated carbocycles. The van der Waals surface area contributed by atoms with Gasteiger partial charge < -0.3 is 10.2 Å². The number of rotatable bonds is 0. The van der Waals surface area contributed by atoms with Crippen LogP contribution in [-0.2, 0) is 37.5 Å². The minimum Gasteiger partial charge on any atom is -0.659 e. The molecule has 0 aromatic carbocycles. The van der Waals surface area contributed by atoms with Crippen LogP contribution in [0.5, 0.6) is 0 Å². The Morgan fingerprint density at radius 1 is 1.07 bits per heavy atom. The first-order valence-electron chi connectivity index (χ1n) is 5.19. The van der Waals surface area contributed by atoms with Gasteiger partial charge >= 0.3 is 0 Å². The van der Waals surface area contributed by atoms with Crippen LogP contribution in [0.3, 0.4) is 0 Å². The van der Waals surface area contributed by atoms with E-state index in [1.54, 1.807) is 6.92 Å². The van der Waals surface area contributed by atoms with Crippen LogP contribution >= 0.6 is 0 Å². The van der Waals surface area contributed by atoms with E-state index in [0.29, 0.717) is 0 Å². The molecule has 0 aliphatic carbocycles. The van der Waals surface area contributed by atoms with Gasteiger partial charge in [0.2, 0.25) is 5.91 Å². The smallest absolute Gasteiger partial charge is 0.219 e. The standard InChI is InChI=1S/C6H11N2O.2C2H6.CH4.Y/c1-6(9)8-4-2-7-3-5-8;2*1-2;;/h2-5H2,1H3;2*1-2H3;1H4;/q-1;;;;. The van der Waals surface area contributed by atoms with Gasteiger partial charge in [-0.1, -0.05) is 35.1 Å². The van der Waals surface area contributed by atoms with E-state index in [1.165, 1.54) is 0 Å². The molecule has 0 atom stereocenters. The minimum atomic E-state index is 0. The fourth-order valence-electron chi connectivity index (χ4n) is 0.921. The van der Waals surface area contributed by atoms with Crippen LogP contribution in [-0.4, -0.2) is 37.0 Å². The predicted molar refractivity (Wildman–Crippen MR) is 64.8 cm³/mol. The average molecular weight is 292 g/mol. The van der Waals surface area contributed by atoms with Gasteiger partial charge in [0.15, 0.2) is 0 Å². The Bertz CT molecular complexity index is 115. The van der Waals surface area contributed by atoms with Gasteiger partial charge in [-0.15, -0.1) is 13.1 Å². The molecule has 1 rings (SSSR count). The normalized spacial score (nSPS) is 12.7. The Balaban J connectivity index is -0.0000000910. The zero-order valence-electron chi connectivity index (χ0n) is 10.2. The largest absolute Gasteiger partial charge is 0.659 e. The Kier molecular flexibility index (Phi) is 32.9. The summed E-state index contributed by atoms with van der Waals surface area (Å²) in [5.74, 6) is 0.171. The van der Waals surface area contributed by atoms with Gasteiger partial charge in [0.05, 0.1) is 0 Å². The molecule has 0 aromatic heterocycles. The summed E-state index contributed by atoms with van der Waals surface area (Å²) >= 11 is 0. The van der Waals surface area contributed by atoms with Crippen LogP contribution in [0.2, 0.25) is 0 Å². The second kappa shape index (κ2) is 20.0. The van der Waals surface area contributed by atoms with E-state index in [-0.39, 0.29) is 46.0 Å². The van der Waals surface area contributed by atoms with Gasteiger partial charge in [-0.2, -0.15) is 0 Å². The summed E-state index contributed by atoms with van der Waals surface area (Å²) in [4.78, 5) is 12.5. The van der Waals surface area contributed by atoms with Gasteiger partial charge in [0, 0.05) is 52.7 Å². The zero-order chi connectivity index (χ0) is 10.7. The topological polar surface area (TPSA) is 34.4 Å². The molecule has 15 heavy (non-hydrogen) atoms. The first-order chi connectivity index (χ1) is 6.30. The van der Waals surface area contributed by atoms with E-state index in [9.17, 15) is 4.79 Å². The van der Waals surface area contributed by atoms with Crippen molar-refractivity contribution in [3.8, 4) is 0 Å². The summed E-state index contributed by atoms with van der Waals surface area (Å²) in [5, 5.41) is 4.12. The predicted octanol–water partition coefficient (Wildman–Crippen LogP) is 2.91. The average Bonchev–Trinajstić information content (AvgIpc) is 2.25. The van der Waals surface area contributed by atoms with Crippen molar-refractivity contribution in [1.82, 2.24) is 4.90 Å². The monoisotopic (exact) mass is 292 g/mol. The molecular formula is C11H27N2OY-. The van der Waals surface area contributed by atoms with Gasteiger partial charge in [0.1, 0.15) is 0 Å². The van der Waals surface area contributed by atoms with E-state index in [2.05, 4.69) is 5.32 Å². The third kappa shape index (κ3) is 14.5. The summed E-state index contributed by atoms with van der Waals surface area (Å²) in [5.41, 5.74) is 0. The molecule has 0 unspecified atom stereocenters. The Morgan fingerprint density at radius 2 is 1.40 bits per heavy atom. The molecule has 0 bridgehead atoms. The van der Waals surface area contributed by atoms with E-state index in [1.807, 2.05) is 32.6 Å². The van der Waals surface area contributed by atoms with Crippen molar-refractivity contribution in [3.63, 3.8) is 0 Å². The molecule has 1 fully saturated rings. The summed E-state index contributed by atoms with van der Waals surface area (Å²) in [6.45, 7) is 12.9. The first-order valence-corrected chi connectivity index (χ1v) is 5.19. The van der Waals surface area contributed by atoms with Crippen molar-refractivity contribution in [2.24, 2.45) is 0 Å². The molecule has 1 radical (unpaired) electrons. The molecule has 1 heterocycles. The van der Waals surface area contributed by atoms with Crippen molar-refractivity contribution in [3.05, 3.63) is 5.32 Å². The first kappa shape index (κ1) is 24.7. The zero-order valence-corrected chi connectivity index (χ0v) is 13.0. The number of amides is 1. The third-order valence-electron chi connectivity index (χ3n) is 1.50. The molecule has 1 amide bonds. The molecule has 1 aliphatic rings. The second-order valence-corrected chi connectivity index (χ2v) is 2.18. The summed E-state index contributed by atoms with van der Waals surface area (Å²) < 4.78 is 0. The number of carbonyl (C=O) groups excluding carboxylic acids is 1. The number of carbonyl (C=O) groups is 1. The fraction of sp³-hybridized carbons (Fsp3) is 0.909. The number of hydrogen-bond donors (Lipinski definition) is 0. The molecular weight excluding hydrogens is 265 g/mol. The van der Waals surface area contributed by atoms with E-state index in [4.69, 9.17) is 0 Å². The summed E-state index contributed by atoms with van der Waals surface area (Å²) in [6.07, 6.45) is 0. The van der Waals surface area contributed by atoms with Crippen LogP contribution in [0.4, 0.5) is 0 Å². The molecule has 91 valence electrons. The summed E-state index contributed by atoms with van der Waals surface area (Å²) in [7, 11) is 0. The number of piperazine rings is 1. The van der Waals surface area contributed by atoms with Crippen LogP contribution in [0.25, 0.3) is 5.32 Å². The van der Waals surface area contributed by atoms with Gasteiger partial charge in [-0.3, -0.25) is 4.79 Å². The van der Waals surface area contributed by atoms with Gasteiger partial charge in [0.25, 0.3) is 0 Å². The molecule has 0 N–H and O–H groups in total. The van der Waals surface area contributed by atoms with Crippen LogP contribution in [0.15, 0.2) is 0 Å². The minimum absolute atomic E-state index is 0. The molecule has 1 saturated heterocycles. The Morgan fingerprint density at radius 3 is 1.60 bits per heavy atom. The Hall–Kier alpha value is 0.534. The Labute approximate surface area is 121 Å². The fourth-order valence-corrected chi connectivity index (χ4v) is 0.921. The van der Waals surface area contributed by atoms with Gasteiger partial charge in [-0.25, -0.2) is 0 Å². The van der Waals surface area contributed by atoms with Crippen LogP contribution < -0.4 is 0 Å². The van der Waals surface area contributed by atoms with Crippen LogP contribution in [0, 0.1) is 0 Å².